The SMILES string of the molecule is CC(NC1CCN(c2ncccn2)CC1)c1ccc(I)cc1. The first kappa shape index (κ1) is 15.7. The van der Waals surface area contributed by atoms with Crippen molar-refractivity contribution >= 4 is 28.5 Å². The molecule has 1 fully saturated rings. The number of anilines is 1. The van der Waals surface area contributed by atoms with E-state index < -0.39 is 0 Å². The zero-order chi connectivity index (χ0) is 15.4. The van der Waals surface area contributed by atoms with Crippen LogP contribution in [0.2, 0.25) is 0 Å². The molecule has 1 atom stereocenters. The number of hydrogen-bond acceptors (Lipinski definition) is 4. The number of piperidine rings is 1. The Morgan fingerprint density at radius 3 is 2.41 bits per heavy atom. The van der Waals surface area contributed by atoms with Crippen molar-refractivity contribution in [1.82, 2.24) is 15.3 Å². The van der Waals surface area contributed by atoms with Gasteiger partial charge in [-0.3, -0.25) is 0 Å². The molecule has 116 valence electrons. The smallest absolute Gasteiger partial charge is 0.225 e. The molecule has 0 bridgehead atoms. The number of aromatic nitrogens is 2. The van der Waals surface area contributed by atoms with E-state index in [9.17, 15) is 0 Å². The molecule has 1 aromatic carbocycles. The van der Waals surface area contributed by atoms with Crippen LogP contribution in [0.25, 0.3) is 0 Å². The van der Waals surface area contributed by atoms with E-state index in [2.05, 4.69) is 74.0 Å². The number of nitrogens with zero attached hydrogens (tertiary/aromatic N) is 3. The first-order valence-electron chi connectivity index (χ1n) is 7.76. The molecule has 2 aromatic rings. The third-order valence-corrected chi connectivity index (χ3v) is 4.90. The largest absolute Gasteiger partial charge is 0.341 e. The Hall–Kier alpha value is -1.21. The van der Waals surface area contributed by atoms with E-state index >= 15 is 0 Å². The van der Waals surface area contributed by atoms with Crippen LogP contribution in [-0.4, -0.2) is 29.1 Å². The maximum absolute atomic E-state index is 4.34. The topological polar surface area (TPSA) is 41.0 Å². The standard InChI is InChI=1S/C17H21IN4/c1-13(14-3-5-15(18)6-4-14)21-16-7-11-22(12-8-16)17-19-9-2-10-20-17/h2-6,9-10,13,16,21H,7-8,11-12H2,1H3. The maximum atomic E-state index is 4.34. The molecule has 1 N–H and O–H groups in total. The minimum atomic E-state index is 0.390. The summed E-state index contributed by atoms with van der Waals surface area (Å²) in [7, 11) is 0. The summed E-state index contributed by atoms with van der Waals surface area (Å²) in [6.45, 7) is 4.27. The molecule has 0 aliphatic carbocycles. The molecule has 1 aliphatic rings. The Bertz CT molecular complexity index is 579. The van der Waals surface area contributed by atoms with Gasteiger partial charge in [0.1, 0.15) is 0 Å². The quantitative estimate of drug-likeness (QED) is 0.788. The molecule has 1 unspecified atom stereocenters. The zero-order valence-corrected chi connectivity index (χ0v) is 14.9. The third-order valence-electron chi connectivity index (χ3n) is 4.19. The summed E-state index contributed by atoms with van der Waals surface area (Å²) in [4.78, 5) is 10.9. The number of hydrogen-bond donors (Lipinski definition) is 1. The Labute approximate surface area is 145 Å². The van der Waals surface area contributed by atoms with Crippen molar-refractivity contribution in [1.29, 1.82) is 0 Å². The summed E-state index contributed by atoms with van der Waals surface area (Å²) in [5, 5.41) is 3.76. The van der Waals surface area contributed by atoms with E-state index in [1.807, 2.05) is 18.5 Å². The molecular formula is C17H21IN4. The number of benzene rings is 1. The molecular weight excluding hydrogens is 387 g/mol. The molecule has 5 heteroatoms. The van der Waals surface area contributed by atoms with Gasteiger partial charge in [-0.2, -0.15) is 0 Å². The number of nitrogens with one attached hydrogen (secondary N) is 1. The highest BCUT2D eigenvalue weighted by Crippen LogP contribution is 2.20. The van der Waals surface area contributed by atoms with Crippen LogP contribution in [0.3, 0.4) is 0 Å². The van der Waals surface area contributed by atoms with Crippen LogP contribution in [-0.2, 0) is 0 Å². The molecule has 0 spiro atoms. The van der Waals surface area contributed by atoms with E-state index in [1.165, 1.54) is 9.13 Å². The van der Waals surface area contributed by atoms with Gasteiger partial charge >= 0.3 is 0 Å². The molecule has 1 saturated heterocycles. The summed E-state index contributed by atoms with van der Waals surface area (Å²) in [6.07, 6.45) is 5.89. The van der Waals surface area contributed by atoms with Gasteiger partial charge in [0.05, 0.1) is 0 Å². The number of halogens is 1. The Kier molecular flexibility index (Phi) is 5.25. The summed E-state index contributed by atoms with van der Waals surface area (Å²) < 4.78 is 1.28. The van der Waals surface area contributed by atoms with Crippen molar-refractivity contribution in [3.63, 3.8) is 0 Å². The fourth-order valence-electron chi connectivity index (χ4n) is 2.90. The van der Waals surface area contributed by atoms with E-state index in [0.29, 0.717) is 12.1 Å². The van der Waals surface area contributed by atoms with E-state index in [4.69, 9.17) is 0 Å². The van der Waals surface area contributed by atoms with Crippen LogP contribution in [0, 0.1) is 3.57 Å². The minimum absolute atomic E-state index is 0.390. The van der Waals surface area contributed by atoms with Gasteiger partial charge in [0.25, 0.3) is 0 Å². The van der Waals surface area contributed by atoms with Gasteiger partial charge in [-0.1, -0.05) is 12.1 Å². The number of rotatable bonds is 4. The summed E-state index contributed by atoms with van der Waals surface area (Å²) >= 11 is 2.35. The summed E-state index contributed by atoms with van der Waals surface area (Å²) in [5.41, 5.74) is 1.36. The highest BCUT2D eigenvalue weighted by molar-refractivity contribution is 14.1. The van der Waals surface area contributed by atoms with Crippen molar-refractivity contribution in [3.05, 3.63) is 51.9 Å². The lowest BCUT2D eigenvalue weighted by atomic mass is 10.0. The molecule has 4 nitrogen and oxygen atoms in total. The molecule has 0 radical (unpaired) electrons. The van der Waals surface area contributed by atoms with Crippen molar-refractivity contribution in [2.24, 2.45) is 0 Å². The first-order valence-corrected chi connectivity index (χ1v) is 8.84. The van der Waals surface area contributed by atoms with Gasteiger partial charge in [0.2, 0.25) is 5.95 Å². The average Bonchev–Trinajstić information content (AvgIpc) is 2.57. The Morgan fingerprint density at radius 1 is 1.14 bits per heavy atom. The monoisotopic (exact) mass is 408 g/mol. The highest BCUT2D eigenvalue weighted by Gasteiger charge is 2.22. The van der Waals surface area contributed by atoms with Gasteiger partial charge in [-0.25, -0.2) is 9.97 Å². The normalized spacial score (nSPS) is 17.5. The lowest BCUT2D eigenvalue weighted by molar-refractivity contribution is 0.379. The predicted molar refractivity (Wildman–Crippen MR) is 98.0 cm³/mol. The van der Waals surface area contributed by atoms with Crippen LogP contribution in [0.1, 0.15) is 31.4 Å². The Morgan fingerprint density at radius 2 is 1.77 bits per heavy atom. The van der Waals surface area contributed by atoms with Gasteiger partial charge in [-0.05, 0) is 66.1 Å². The molecule has 2 heterocycles. The first-order chi connectivity index (χ1) is 10.7. The highest BCUT2D eigenvalue weighted by atomic mass is 127. The second-order valence-corrected chi connectivity index (χ2v) is 7.00. The second kappa shape index (κ2) is 7.37. The van der Waals surface area contributed by atoms with Crippen LogP contribution in [0.5, 0.6) is 0 Å². The van der Waals surface area contributed by atoms with Crippen molar-refractivity contribution in [2.75, 3.05) is 18.0 Å². The lowest BCUT2D eigenvalue weighted by Gasteiger charge is -2.34. The maximum Gasteiger partial charge on any atom is 0.225 e. The van der Waals surface area contributed by atoms with Crippen LogP contribution in [0.15, 0.2) is 42.7 Å². The van der Waals surface area contributed by atoms with Gasteiger partial charge in [0.15, 0.2) is 0 Å². The van der Waals surface area contributed by atoms with Crippen molar-refractivity contribution in [2.45, 2.75) is 31.8 Å². The third kappa shape index (κ3) is 3.95. The van der Waals surface area contributed by atoms with E-state index in [0.717, 1.165) is 31.9 Å². The average molecular weight is 408 g/mol. The van der Waals surface area contributed by atoms with E-state index in [-0.39, 0.29) is 0 Å². The molecule has 3 rings (SSSR count). The Balaban J connectivity index is 1.52. The fraction of sp³-hybridized carbons (Fsp3) is 0.412. The molecule has 1 aliphatic heterocycles. The minimum Gasteiger partial charge on any atom is -0.341 e. The summed E-state index contributed by atoms with van der Waals surface area (Å²) in [6, 6.07) is 11.6. The molecule has 0 saturated carbocycles. The fourth-order valence-corrected chi connectivity index (χ4v) is 3.26. The van der Waals surface area contributed by atoms with Crippen molar-refractivity contribution < 1.29 is 0 Å². The molecule has 22 heavy (non-hydrogen) atoms. The van der Waals surface area contributed by atoms with Gasteiger partial charge in [0, 0.05) is 41.1 Å². The molecule has 1 aromatic heterocycles. The second-order valence-electron chi connectivity index (χ2n) is 5.75. The summed E-state index contributed by atoms with van der Waals surface area (Å²) in [5.74, 6) is 0.853. The lowest BCUT2D eigenvalue weighted by Crippen LogP contribution is -2.43. The zero-order valence-electron chi connectivity index (χ0n) is 12.7. The molecule has 0 amide bonds. The van der Waals surface area contributed by atoms with Crippen LogP contribution in [0.4, 0.5) is 5.95 Å². The van der Waals surface area contributed by atoms with Gasteiger partial charge < -0.3 is 10.2 Å². The van der Waals surface area contributed by atoms with Crippen LogP contribution < -0.4 is 10.2 Å². The van der Waals surface area contributed by atoms with E-state index in [1.54, 1.807) is 0 Å². The van der Waals surface area contributed by atoms with Crippen molar-refractivity contribution in [3.8, 4) is 0 Å². The van der Waals surface area contributed by atoms with Gasteiger partial charge in [-0.15, -0.1) is 0 Å². The van der Waals surface area contributed by atoms with Crippen LogP contribution >= 0.6 is 22.6 Å². The predicted octanol–water partition coefficient (Wildman–Crippen LogP) is 3.40.